The highest BCUT2D eigenvalue weighted by Gasteiger charge is 2.27. The van der Waals surface area contributed by atoms with E-state index in [1.165, 1.54) is 12.1 Å². The van der Waals surface area contributed by atoms with E-state index in [-0.39, 0.29) is 5.56 Å². The molecule has 0 radical (unpaired) electrons. The van der Waals surface area contributed by atoms with Crippen molar-refractivity contribution in [3.8, 4) is 23.0 Å². The van der Waals surface area contributed by atoms with Crippen LogP contribution in [0.1, 0.15) is 34.9 Å². The molecule has 154 valence electrons. The molecule has 0 spiro atoms. The number of carbonyl (C=O) groups excluding carboxylic acids is 1. The summed E-state index contributed by atoms with van der Waals surface area (Å²) in [6.45, 7) is 0.292. The Morgan fingerprint density at radius 2 is 2.13 bits per heavy atom. The van der Waals surface area contributed by atoms with Crippen LogP contribution in [0.4, 0.5) is 10.2 Å². The number of carbonyl (C=O) groups is 1. The van der Waals surface area contributed by atoms with E-state index >= 15 is 0 Å². The number of pyridine rings is 1. The van der Waals surface area contributed by atoms with Crippen LogP contribution in [0.2, 0.25) is 0 Å². The van der Waals surface area contributed by atoms with Crippen LogP contribution < -0.4 is 10.1 Å². The predicted octanol–water partition coefficient (Wildman–Crippen LogP) is 3.14. The van der Waals surface area contributed by atoms with E-state index in [1.54, 1.807) is 41.6 Å². The van der Waals surface area contributed by atoms with Gasteiger partial charge >= 0.3 is 0 Å². The van der Waals surface area contributed by atoms with Crippen molar-refractivity contribution < 1.29 is 13.9 Å². The molecule has 1 amide bonds. The van der Waals surface area contributed by atoms with Gasteiger partial charge in [0.05, 0.1) is 29.5 Å². The van der Waals surface area contributed by atoms with Gasteiger partial charge in [-0.1, -0.05) is 6.07 Å². The van der Waals surface area contributed by atoms with E-state index in [0.29, 0.717) is 41.4 Å². The summed E-state index contributed by atoms with van der Waals surface area (Å²) in [4.78, 5) is 21.4. The number of nitrogens with zero attached hydrogens (tertiary/aromatic N) is 6. The Labute approximate surface area is 175 Å². The van der Waals surface area contributed by atoms with Gasteiger partial charge in [0, 0.05) is 12.1 Å². The first-order valence-corrected chi connectivity index (χ1v) is 9.83. The number of rotatable bonds is 4. The molecule has 1 fully saturated rings. The highest BCUT2D eigenvalue weighted by molar-refractivity contribution is 6.04. The van der Waals surface area contributed by atoms with E-state index in [2.05, 4.69) is 25.5 Å². The van der Waals surface area contributed by atoms with Gasteiger partial charge in [-0.25, -0.2) is 14.4 Å². The first-order valence-electron chi connectivity index (χ1n) is 9.83. The number of imidazole rings is 1. The molecule has 1 aliphatic carbocycles. The summed E-state index contributed by atoms with van der Waals surface area (Å²) in [6, 6.07) is 8.28. The second kappa shape index (κ2) is 6.73. The standard InChI is InChI=1S/C21H16FN7O2/c22-15-7-18-17(28-10-23-8-13(28)9-31-18)6-14(15)21(30)26-19-3-1-2-16(25-19)20-27-24-11-29(20)12-4-5-12/h1-3,6-8,10-12H,4-5,9H2,(H,25,26,30). The number of halogens is 1. The SMILES string of the molecule is O=C(Nc1cccc(-c2nncn2C2CC2)n1)c1cc2c(cc1F)OCc1cncn1-2. The molecule has 4 aromatic rings. The molecule has 31 heavy (non-hydrogen) atoms. The summed E-state index contributed by atoms with van der Waals surface area (Å²) in [5.74, 6) is 0.0114. The second-order valence-corrected chi connectivity index (χ2v) is 7.50. The third-order valence-electron chi connectivity index (χ3n) is 5.38. The minimum Gasteiger partial charge on any atom is -0.485 e. The van der Waals surface area contributed by atoms with Crippen molar-refractivity contribution in [1.29, 1.82) is 0 Å². The third kappa shape index (κ3) is 3.03. The van der Waals surface area contributed by atoms with Crippen LogP contribution >= 0.6 is 0 Å². The minimum atomic E-state index is -0.676. The fourth-order valence-electron chi connectivity index (χ4n) is 3.68. The summed E-state index contributed by atoms with van der Waals surface area (Å²) in [5, 5.41) is 10.8. The highest BCUT2D eigenvalue weighted by atomic mass is 19.1. The molecule has 3 aromatic heterocycles. The molecular formula is C21H16FN7O2. The van der Waals surface area contributed by atoms with Crippen molar-refractivity contribution in [2.24, 2.45) is 0 Å². The second-order valence-electron chi connectivity index (χ2n) is 7.50. The summed E-state index contributed by atoms with van der Waals surface area (Å²) in [6.07, 6.45) is 7.14. The lowest BCUT2D eigenvalue weighted by Crippen LogP contribution is -2.18. The van der Waals surface area contributed by atoms with Gasteiger partial charge in [-0.15, -0.1) is 10.2 Å². The van der Waals surface area contributed by atoms with Crippen molar-refractivity contribution in [2.75, 3.05) is 5.32 Å². The van der Waals surface area contributed by atoms with Crippen molar-refractivity contribution in [2.45, 2.75) is 25.5 Å². The van der Waals surface area contributed by atoms with E-state index in [4.69, 9.17) is 4.74 Å². The lowest BCUT2D eigenvalue weighted by molar-refractivity contribution is 0.102. The molecule has 1 aliphatic heterocycles. The van der Waals surface area contributed by atoms with Crippen LogP contribution in [0, 0.1) is 5.82 Å². The lowest BCUT2D eigenvalue weighted by atomic mass is 10.1. The Bertz CT molecular complexity index is 1330. The number of fused-ring (bicyclic) bond motifs is 3. The fourth-order valence-corrected chi connectivity index (χ4v) is 3.68. The first kappa shape index (κ1) is 17.8. The number of hydrogen-bond acceptors (Lipinski definition) is 6. The molecule has 2 aliphatic rings. The quantitative estimate of drug-likeness (QED) is 0.548. The molecule has 0 atom stereocenters. The number of aromatic nitrogens is 6. The maximum Gasteiger partial charge on any atom is 0.259 e. The first-order chi connectivity index (χ1) is 15.2. The van der Waals surface area contributed by atoms with Gasteiger partial charge in [0.25, 0.3) is 5.91 Å². The molecule has 10 heteroatoms. The Hall–Kier alpha value is -4.08. The number of amides is 1. The number of anilines is 1. The summed E-state index contributed by atoms with van der Waals surface area (Å²) in [7, 11) is 0. The van der Waals surface area contributed by atoms with Gasteiger partial charge in [0.1, 0.15) is 36.0 Å². The van der Waals surface area contributed by atoms with E-state index in [1.807, 2.05) is 4.57 Å². The molecule has 9 nitrogen and oxygen atoms in total. The van der Waals surface area contributed by atoms with Gasteiger partial charge in [0.15, 0.2) is 5.82 Å². The van der Waals surface area contributed by atoms with Gasteiger partial charge in [-0.05, 0) is 31.0 Å². The van der Waals surface area contributed by atoms with Crippen molar-refractivity contribution in [3.05, 3.63) is 66.3 Å². The average Bonchev–Trinajstić information content (AvgIpc) is 3.30. The molecule has 0 saturated heterocycles. The molecule has 0 unspecified atom stereocenters. The van der Waals surface area contributed by atoms with Crippen molar-refractivity contribution in [1.82, 2.24) is 29.3 Å². The van der Waals surface area contributed by atoms with Crippen molar-refractivity contribution in [3.63, 3.8) is 0 Å². The number of benzene rings is 1. The highest BCUT2D eigenvalue weighted by Crippen LogP contribution is 2.37. The zero-order chi connectivity index (χ0) is 20.9. The summed E-state index contributed by atoms with van der Waals surface area (Å²) in [5.41, 5.74) is 1.85. The summed E-state index contributed by atoms with van der Waals surface area (Å²) < 4.78 is 24.0. The minimum absolute atomic E-state index is 0.114. The normalized spacial score (nSPS) is 14.5. The molecule has 1 saturated carbocycles. The lowest BCUT2D eigenvalue weighted by Gasteiger charge is -2.20. The zero-order valence-electron chi connectivity index (χ0n) is 16.2. The smallest absolute Gasteiger partial charge is 0.259 e. The van der Waals surface area contributed by atoms with Crippen LogP contribution in [-0.4, -0.2) is 35.2 Å². The van der Waals surface area contributed by atoms with Crippen LogP contribution in [0.5, 0.6) is 5.75 Å². The number of nitrogens with one attached hydrogen (secondary N) is 1. The monoisotopic (exact) mass is 417 g/mol. The zero-order valence-corrected chi connectivity index (χ0v) is 16.2. The fraction of sp³-hybridized carbons (Fsp3) is 0.190. The van der Waals surface area contributed by atoms with Gasteiger partial charge in [-0.3, -0.25) is 9.36 Å². The number of ether oxygens (including phenoxy) is 1. The Morgan fingerprint density at radius 3 is 3.00 bits per heavy atom. The van der Waals surface area contributed by atoms with Crippen LogP contribution in [0.3, 0.4) is 0 Å². The molecular weight excluding hydrogens is 401 g/mol. The molecule has 6 rings (SSSR count). The average molecular weight is 417 g/mol. The Balaban J connectivity index is 1.31. The van der Waals surface area contributed by atoms with E-state index in [9.17, 15) is 9.18 Å². The van der Waals surface area contributed by atoms with Crippen molar-refractivity contribution >= 4 is 11.7 Å². The topological polar surface area (TPSA) is 99.8 Å². The molecule has 0 bridgehead atoms. The van der Waals surface area contributed by atoms with E-state index < -0.39 is 11.7 Å². The maximum absolute atomic E-state index is 14.7. The third-order valence-corrected chi connectivity index (χ3v) is 5.38. The molecule has 1 N–H and O–H groups in total. The van der Waals surface area contributed by atoms with E-state index in [0.717, 1.165) is 18.5 Å². The van der Waals surface area contributed by atoms with Gasteiger partial charge in [0.2, 0.25) is 0 Å². The maximum atomic E-state index is 14.7. The van der Waals surface area contributed by atoms with Gasteiger partial charge in [-0.2, -0.15) is 0 Å². The van der Waals surface area contributed by atoms with Crippen LogP contribution in [0.15, 0.2) is 49.2 Å². The van der Waals surface area contributed by atoms with Crippen LogP contribution in [-0.2, 0) is 6.61 Å². The molecule has 1 aromatic carbocycles. The van der Waals surface area contributed by atoms with Gasteiger partial charge < -0.3 is 14.6 Å². The summed E-state index contributed by atoms with van der Waals surface area (Å²) >= 11 is 0. The largest absolute Gasteiger partial charge is 0.485 e. The Morgan fingerprint density at radius 1 is 1.23 bits per heavy atom. The molecule has 4 heterocycles. The van der Waals surface area contributed by atoms with Crippen LogP contribution in [0.25, 0.3) is 17.2 Å². The number of hydrogen-bond donors (Lipinski definition) is 1. The predicted molar refractivity (Wildman–Crippen MR) is 107 cm³/mol. The Kier molecular flexibility index (Phi) is 3.85.